The zero-order valence-corrected chi connectivity index (χ0v) is 9.61. The largest absolute Gasteiger partial charge is 0.388 e. The molecule has 0 spiro atoms. The first-order valence-corrected chi connectivity index (χ1v) is 4.97. The second kappa shape index (κ2) is 5.62. The van der Waals surface area contributed by atoms with Gasteiger partial charge in [-0.2, -0.15) is 0 Å². The minimum atomic E-state index is -0.329. The van der Waals surface area contributed by atoms with E-state index in [9.17, 15) is 4.79 Å². The molecule has 1 aromatic rings. The summed E-state index contributed by atoms with van der Waals surface area (Å²) in [7, 11) is 1.57. The Morgan fingerprint density at radius 1 is 1.69 bits per heavy atom. The molecule has 0 saturated heterocycles. The molecular weight excluding hydrogens is 212 g/mol. The number of aliphatic hydroxyl groups is 1. The maximum Gasteiger partial charge on any atom is 0.273 e. The molecule has 0 bridgehead atoms. The van der Waals surface area contributed by atoms with Crippen molar-refractivity contribution in [3.05, 3.63) is 17.0 Å². The van der Waals surface area contributed by atoms with Gasteiger partial charge in [0.05, 0.1) is 6.10 Å². The van der Waals surface area contributed by atoms with Crippen LogP contribution in [0, 0.1) is 6.92 Å². The molecule has 0 aliphatic rings. The molecule has 16 heavy (non-hydrogen) atoms. The number of rotatable bonds is 5. The zero-order valence-electron chi connectivity index (χ0n) is 9.61. The van der Waals surface area contributed by atoms with Crippen LogP contribution >= 0.6 is 0 Å². The fraction of sp³-hybridized carbons (Fsp3) is 0.600. The average Bonchev–Trinajstić information content (AvgIpc) is 2.66. The van der Waals surface area contributed by atoms with Gasteiger partial charge in [0.25, 0.3) is 5.91 Å². The number of hydrogen-bond donors (Lipinski definition) is 2. The Morgan fingerprint density at radius 2 is 2.38 bits per heavy atom. The highest BCUT2D eigenvalue weighted by atomic mass is 16.5. The summed E-state index contributed by atoms with van der Waals surface area (Å²) in [5.41, 5.74) is 0.762. The predicted octanol–water partition coefficient (Wildman–Crippen LogP) is 0.240. The number of methoxy groups -OCH3 is 1. The quantitative estimate of drug-likeness (QED) is 0.754. The Balaban J connectivity index is 2.63. The molecule has 1 amide bonds. The molecule has 1 rings (SSSR count). The maximum absolute atomic E-state index is 11.6. The third kappa shape index (κ3) is 2.80. The molecule has 2 N–H and O–H groups in total. The van der Waals surface area contributed by atoms with Gasteiger partial charge in [-0.15, -0.1) is 0 Å². The first-order valence-electron chi connectivity index (χ1n) is 4.97. The highest BCUT2D eigenvalue weighted by Crippen LogP contribution is 2.12. The van der Waals surface area contributed by atoms with Crippen LogP contribution in [-0.2, 0) is 11.3 Å². The summed E-state index contributed by atoms with van der Waals surface area (Å²) >= 11 is 0. The molecule has 0 aromatic carbocycles. The van der Waals surface area contributed by atoms with Crippen molar-refractivity contribution in [2.24, 2.45) is 0 Å². The fourth-order valence-electron chi connectivity index (χ4n) is 1.13. The Hall–Kier alpha value is -1.40. The first kappa shape index (κ1) is 12.7. The van der Waals surface area contributed by atoms with Crippen molar-refractivity contribution >= 4 is 5.91 Å². The van der Waals surface area contributed by atoms with E-state index in [4.69, 9.17) is 14.4 Å². The number of ether oxygens (including phenoxy) is 1. The smallest absolute Gasteiger partial charge is 0.273 e. The van der Waals surface area contributed by atoms with Gasteiger partial charge < -0.3 is 19.7 Å². The second-order valence-electron chi connectivity index (χ2n) is 3.49. The summed E-state index contributed by atoms with van der Waals surface area (Å²) in [6, 6.07) is 0. The van der Waals surface area contributed by atoms with Crippen LogP contribution < -0.4 is 5.32 Å². The third-order valence-corrected chi connectivity index (χ3v) is 2.33. The molecule has 1 aromatic heterocycles. The Kier molecular flexibility index (Phi) is 4.45. The molecule has 0 fully saturated rings. The summed E-state index contributed by atoms with van der Waals surface area (Å²) in [4.78, 5) is 11.6. The van der Waals surface area contributed by atoms with Crippen LogP contribution in [0.2, 0.25) is 0 Å². The van der Waals surface area contributed by atoms with Gasteiger partial charge in [-0.05, 0) is 13.8 Å². The van der Waals surface area contributed by atoms with E-state index in [0.29, 0.717) is 17.9 Å². The van der Waals surface area contributed by atoms with Gasteiger partial charge in [0, 0.05) is 19.2 Å². The van der Waals surface area contributed by atoms with E-state index in [1.807, 2.05) is 6.92 Å². The highest BCUT2D eigenvalue weighted by molar-refractivity contribution is 5.93. The SMILES string of the molecule is COC(C)CNC(=O)c1noc(CO)c1C. The summed E-state index contributed by atoms with van der Waals surface area (Å²) in [5, 5.41) is 15.1. The lowest BCUT2D eigenvalue weighted by atomic mass is 10.2. The van der Waals surface area contributed by atoms with E-state index >= 15 is 0 Å². The van der Waals surface area contributed by atoms with Gasteiger partial charge in [0.15, 0.2) is 11.5 Å². The van der Waals surface area contributed by atoms with Crippen LogP contribution in [-0.4, -0.2) is 35.9 Å². The van der Waals surface area contributed by atoms with E-state index in [2.05, 4.69) is 10.5 Å². The van der Waals surface area contributed by atoms with Gasteiger partial charge in [0.1, 0.15) is 6.61 Å². The summed E-state index contributed by atoms with van der Waals surface area (Å²) in [6.07, 6.45) is -0.0616. The molecule has 0 saturated carbocycles. The first-order chi connectivity index (χ1) is 7.60. The molecule has 0 radical (unpaired) electrons. The summed E-state index contributed by atoms with van der Waals surface area (Å²) in [6.45, 7) is 3.66. The Bertz CT molecular complexity index is 362. The van der Waals surface area contributed by atoms with Crippen LogP contribution in [0.1, 0.15) is 28.7 Å². The van der Waals surface area contributed by atoms with E-state index in [1.54, 1.807) is 14.0 Å². The van der Waals surface area contributed by atoms with Gasteiger partial charge in [-0.3, -0.25) is 4.79 Å². The zero-order chi connectivity index (χ0) is 12.1. The van der Waals surface area contributed by atoms with Crippen LogP contribution in [0.25, 0.3) is 0 Å². The van der Waals surface area contributed by atoms with Crippen LogP contribution in [0.3, 0.4) is 0 Å². The Morgan fingerprint density at radius 3 is 2.88 bits per heavy atom. The minimum absolute atomic E-state index is 0.0616. The van der Waals surface area contributed by atoms with Crippen molar-refractivity contribution in [3.8, 4) is 0 Å². The van der Waals surface area contributed by atoms with Crippen molar-refractivity contribution in [1.82, 2.24) is 10.5 Å². The second-order valence-corrected chi connectivity index (χ2v) is 3.49. The number of nitrogens with zero attached hydrogens (tertiary/aromatic N) is 1. The average molecular weight is 228 g/mol. The molecule has 6 nitrogen and oxygen atoms in total. The Labute approximate surface area is 93.6 Å². The molecule has 1 unspecified atom stereocenters. The third-order valence-electron chi connectivity index (χ3n) is 2.33. The summed E-state index contributed by atoms with van der Waals surface area (Å²) < 4.78 is 9.80. The molecule has 1 heterocycles. The fourth-order valence-corrected chi connectivity index (χ4v) is 1.13. The van der Waals surface area contributed by atoms with Gasteiger partial charge in [-0.1, -0.05) is 5.16 Å². The summed E-state index contributed by atoms with van der Waals surface area (Å²) in [5.74, 6) is -0.0187. The number of hydrogen-bond acceptors (Lipinski definition) is 5. The molecule has 0 aliphatic heterocycles. The lowest BCUT2D eigenvalue weighted by Gasteiger charge is -2.09. The van der Waals surface area contributed by atoms with Crippen LogP contribution in [0.5, 0.6) is 0 Å². The highest BCUT2D eigenvalue weighted by Gasteiger charge is 2.18. The van der Waals surface area contributed by atoms with Crippen molar-refractivity contribution in [3.63, 3.8) is 0 Å². The maximum atomic E-state index is 11.6. The molecule has 1 atom stereocenters. The normalized spacial score (nSPS) is 12.5. The monoisotopic (exact) mass is 228 g/mol. The number of carbonyl (C=O) groups is 1. The van der Waals surface area contributed by atoms with Crippen molar-refractivity contribution in [1.29, 1.82) is 0 Å². The molecular formula is C10H16N2O4. The van der Waals surface area contributed by atoms with E-state index in [0.717, 1.165) is 0 Å². The topological polar surface area (TPSA) is 84.6 Å². The standard InChI is InChI=1S/C10H16N2O4/c1-6(15-3)4-11-10(14)9-7(2)8(5-13)16-12-9/h6,13H,4-5H2,1-3H3,(H,11,14). The van der Waals surface area contributed by atoms with E-state index < -0.39 is 0 Å². The van der Waals surface area contributed by atoms with Gasteiger partial charge in [0.2, 0.25) is 0 Å². The number of aliphatic hydroxyl groups excluding tert-OH is 1. The minimum Gasteiger partial charge on any atom is -0.388 e. The number of aromatic nitrogens is 1. The van der Waals surface area contributed by atoms with Crippen LogP contribution in [0.4, 0.5) is 0 Å². The molecule has 0 aliphatic carbocycles. The van der Waals surface area contributed by atoms with Crippen molar-refractivity contribution < 1.29 is 19.2 Å². The van der Waals surface area contributed by atoms with Gasteiger partial charge in [-0.25, -0.2) is 0 Å². The van der Waals surface area contributed by atoms with Gasteiger partial charge >= 0.3 is 0 Å². The molecule has 90 valence electrons. The van der Waals surface area contributed by atoms with E-state index in [-0.39, 0.29) is 24.3 Å². The van der Waals surface area contributed by atoms with Crippen LogP contribution in [0.15, 0.2) is 4.52 Å². The van der Waals surface area contributed by atoms with E-state index in [1.165, 1.54) is 0 Å². The molecule has 6 heteroatoms. The van der Waals surface area contributed by atoms with Crippen molar-refractivity contribution in [2.75, 3.05) is 13.7 Å². The number of nitrogens with one attached hydrogen (secondary N) is 1. The predicted molar refractivity (Wildman–Crippen MR) is 56.0 cm³/mol. The lowest BCUT2D eigenvalue weighted by molar-refractivity contribution is 0.0862. The van der Waals surface area contributed by atoms with Crippen molar-refractivity contribution in [2.45, 2.75) is 26.6 Å². The number of carbonyl (C=O) groups excluding carboxylic acids is 1. The number of amides is 1. The lowest BCUT2D eigenvalue weighted by Crippen LogP contribution is -2.32.